The second-order valence-corrected chi connectivity index (χ2v) is 7.57. The molecule has 1 fully saturated rings. The second-order valence-electron chi connectivity index (χ2n) is 7.57. The van der Waals surface area contributed by atoms with Gasteiger partial charge >= 0.3 is 0 Å². The molecule has 0 bridgehead atoms. The van der Waals surface area contributed by atoms with Crippen LogP contribution in [0.1, 0.15) is 24.0 Å². The first-order valence-corrected chi connectivity index (χ1v) is 9.82. The SMILES string of the molecule is COc1cc(-c2cc(C)c3ccc(CN4CCCC4)cc3n2)cc2c1OCO2. The van der Waals surface area contributed by atoms with Gasteiger partial charge in [0.15, 0.2) is 11.5 Å². The molecule has 3 heterocycles. The summed E-state index contributed by atoms with van der Waals surface area (Å²) in [4.78, 5) is 7.49. The molecule has 0 N–H and O–H groups in total. The molecule has 1 aromatic heterocycles. The van der Waals surface area contributed by atoms with Crippen molar-refractivity contribution in [3.63, 3.8) is 0 Å². The van der Waals surface area contributed by atoms with Gasteiger partial charge in [0.1, 0.15) is 0 Å². The van der Waals surface area contributed by atoms with E-state index in [-0.39, 0.29) is 6.79 Å². The number of methoxy groups -OCH3 is 1. The van der Waals surface area contributed by atoms with Gasteiger partial charge in [0, 0.05) is 17.5 Å². The average molecular weight is 376 g/mol. The Morgan fingerprint density at radius 1 is 1.07 bits per heavy atom. The van der Waals surface area contributed by atoms with Gasteiger partial charge in [-0.05, 0) is 68.2 Å². The lowest BCUT2D eigenvalue weighted by atomic mass is 10.0. The van der Waals surface area contributed by atoms with Crippen molar-refractivity contribution in [2.45, 2.75) is 26.3 Å². The maximum atomic E-state index is 5.58. The Bertz CT molecular complexity index is 1040. The molecule has 0 amide bonds. The van der Waals surface area contributed by atoms with E-state index in [1.807, 2.05) is 12.1 Å². The number of hydrogen-bond donors (Lipinski definition) is 0. The van der Waals surface area contributed by atoms with Crippen LogP contribution in [0, 0.1) is 6.92 Å². The van der Waals surface area contributed by atoms with Gasteiger partial charge in [-0.25, -0.2) is 4.98 Å². The number of aromatic nitrogens is 1. The van der Waals surface area contributed by atoms with Crippen molar-refractivity contribution in [2.75, 3.05) is 27.0 Å². The second kappa shape index (κ2) is 6.99. The fraction of sp³-hybridized carbons (Fsp3) is 0.348. The van der Waals surface area contributed by atoms with Gasteiger partial charge in [0.25, 0.3) is 0 Å². The van der Waals surface area contributed by atoms with Crippen molar-refractivity contribution in [3.05, 3.63) is 47.5 Å². The van der Waals surface area contributed by atoms with Crippen molar-refractivity contribution in [3.8, 4) is 28.5 Å². The summed E-state index contributed by atoms with van der Waals surface area (Å²) in [5, 5.41) is 1.20. The van der Waals surface area contributed by atoms with Crippen LogP contribution in [0.4, 0.5) is 0 Å². The van der Waals surface area contributed by atoms with Gasteiger partial charge in [-0.1, -0.05) is 12.1 Å². The van der Waals surface area contributed by atoms with Gasteiger partial charge in [0.2, 0.25) is 12.5 Å². The Kier molecular flexibility index (Phi) is 4.32. The fourth-order valence-electron chi connectivity index (χ4n) is 4.17. The molecule has 144 valence electrons. The first-order valence-electron chi connectivity index (χ1n) is 9.82. The molecule has 2 aliphatic rings. The van der Waals surface area contributed by atoms with Gasteiger partial charge in [0.05, 0.1) is 18.3 Å². The molecule has 3 aromatic rings. The van der Waals surface area contributed by atoms with E-state index >= 15 is 0 Å². The first-order chi connectivity index (χ1) is 13.7. The molecule has 0 radical (unpaired) electrons. The zero-order valence-corrected chi connectivity index (χ0v) is 16.3. The summed E-state index contributed by atoms with van der Waals surface area (Å²) >= 11 is 0. The van der Waals surface area contributed by atoms with Crippen LogP contribution in [-0.4, -0.2) is 36.9 Å². The van der Waals surface area contributed by atoms with Crippen LogP contribution in [0.3, 0.4) is 0 Å². The number of nitrogens with zero attached hydrogens (tertiary/aromatic N) is 2. The number of rotatable bonds is 4. The molecule has 0 saturated carbocycles. The van der Waals surface area contributed by atoms with E-state index in [0.717, 1.165) is 23.3 Å². The third kappa shape index (κ3) is 3.06. The highest BCUT2D eigenvalue weighted by Crippen LogP contribution is 2.44. The fourth-order valence-corrected chi connectivity index (χ4v) is 4.17. The van der Waals surface area contributed by atoms with Gasteiger partial charge < -0.3 is 14.2 Å². The Morgan fingerprint density at radius 3 is 2.75 bits per heavy atom. The monoisotopic (exact) mass is 376 g/mol. The summed E-state index contributed by atoms with van der Waals surface area (Å²) in [5.74, 6) is 2.04. The van der Waals surface area contributed by atoms with Crippen molar-refractivity contribution >= 4 is 10.9 Å². The molecule has 28 heavy (non-hydrogen) atoms. The standard InChI is InChI=1S/C23H24N2O3/c1-15-9-19(17-11-21(26-2)23-22(12-17)27-14-28-23)24-20-10-16(5-6-18(15)20)13-25-7-3-4-8-25/h5-6,9-12H,3-4,7-8,13-14H2,1-2H3. The summed E-state index contributed by atoms with van der Waals surface area (Å²) in [6.45, 7) is 5.75. The molecular weight excluding hydrogens is 352 g/mol. The Balaban J connectivity index is 1.56. The smallest absolute Gasteiger partial charge is 0.231 e. The summed E-state index contributed by atoms with van der Waals surface area (Å²) in [6.07, 6.45) is 2.61. The minimum Gasteiger partial charge on any atom is -0.493 e. The first kappa shape index (κ1) is 17.3. The third-order valence-electron chi connectivity index (χ3n) is 5.64. The number of ether oxygens (including phenoxy) is 3. The van der Waals surface area contributed by atoms with Gasteiger partial charge in [-0.15, -0.1) is 0 Å². The molecule has 0 unspecified atom stereocenters. The molecule has 0 atom stereocenters. The van der Waals surface area contributed by atoms with Crippen molar-refractivity contribution in [2.24, 2.45) is 0 Å². The molecule has 0 spiro atoms. The van der Waals surface area contributed by atoms with Gasteiger partial charge in [-0.2, -0.15) is 0 Å². The number of aryl methyl sites for hydroxylation is 1. The van der Waals surface area contributed by atoms with E-state index in [4.69, 9.17) is 19.2 Å². The zero-order chi connectivity index (χ0) is 19.1. The predicted molar refractivity (Wildman–Crippen MR) is 109 cm³/mol. The minimum absolute atomic E-state index is 0.221. The largest absolute Gasteiger partial charge is 0.493 e. The highest BCUT2D eigenvalue weighted by atomic mass is 16.7. The highest BCUT2D eigenvalue weighted by molar-refractivity contribution is 5.86. The van der Waals surface area contributed by atoms with Gasteiger partial charge in [-0.3, -0.25) is 4.90 Å². The highest BCUT2D eigenvalue weighted by Gasteiger charge is 2.21. The number of fused-ring (bicyclic) bond motifs is 2. The van der Waals surface area contributed by atoms with Crippen LogP contribution in [0.15, 0.2) is 36.4 Å². The van der Waals surface area contributed by atoms with Crippen LogP contribution < -0.4 is 14.2 Å². The number of pyridine rings is 1. The Hall–Kier alpha value is -2.79. The Labute approximate surface area is 164 Å². The summed E-state index contributed by atoms with van der Waals surface area (Å²) in [7, 11) is 1.64. The van der Waals surface area contributed by atoms with Crippen molar-refractivity contribution in [1.82, 2.24) is 9.88 Å². The van der Waals surface area contributed by atoms with Crippen LogP contribution in [0.25, 0.3) is 22.2 Å². The quantitative estimate of drug-likeness (QED) is 0.669. The average Bonchev–Trinajstić information content (AvgIpc) is 3.38. The maximum Gasteiger partial charge on any atom is 0.231 e. The lowest BCUT2D eigenvalue weighted by Crippen LogP contribution is -2.18. The van der Waals surface area contributed by atoms with Crippen LogP contribution in [0.5, 0.6) is 17.2 Å². The van der Waals surface area contributed by atoms with E-state index in [2.05, 4.69) is 36.1 Å². The third-order valence-corrected chi connectivity index (χ3v) is 5.64. The minimum atomic E-state index is 0.221. The molecule has 5 heteroatoms. The molecule has 0 aliphatic carbocycles. The molecular formula is C23H24N2O3. The molecule has 2 aliphatic heterocycles. The molecule has 1 saturated heterocycles. The lowest BCUT2D eigenvalue weighted by Gasteiger charge is -2.15. The van der Waals surface area contributed by atoms with Crippen LogP contribution >= 0.6 is 0 Å². The summed E-state index contributed by atoms with van der Waals surface area (Å²) in [6, 6.07) is 12.7. The van der Waals surface area contributed by atoms with Crippen LogP contribution in [0.2, 0.25) is 0 Å². The molecule has 5 rings (SSSR count). The van der Waals surface area contributed by atoms with E-state index in [0.29, 0.717) is 17.2 Å². The van der Waals surface area contributed by atoms with Crippen LogP contribution in [-0.2, 0) is 6.54 Å². The van der Waals surface area contributed by atoms with E-state index < -0.39 is 0 Å². The molecule has 2 aromatic carbocycles. The normalized spacial score (nSPS) is 16.1. The van der Waals surface area contributed by atoms with Crippen molar-refractivity contribution < 1.29 is 14.2 Å². The molecule has 5 nitrogen and oxygen atoms in total. The maximum absolute atomic E-state index is 5.58. The van der Waals surface area contributed by atoms with E-state index in [1.165, 1.54) is 42.4 Å². The van der Waals surface area contributed by atoms with E-state index in [1.54, 1.807) is 7.11 Å². The van der Waals surface area contributed by atoms with E-state index in [9.17, 15) is 0 Å². The predicted octanol–water partition coefficient (Wildman–Crippen LogP) is 4.54. The number of hydrogen-bond acceptors (Lipinski definition) is 5. The summed E-state index contributed by atoms with van der Waals surface area (Å²) in [5.41, 5.74) is 5.45. The number of likely N-dealkylation sites (tertiary alicyclic amines) is 1. The number of benzene rings is 2. The zero-order valence-electron chi connectivity index (χ0n) is 16.3. The topological polar surface area (TPSA) is 43.8 Å². The van der Waals surface area contributed by atoms with Crippen molar-refractivity contribution in [1.29, 1.82) is 0 Å². The lowest BCUT2D eigenvalue weighted by molar-refractivity contribution is 0.171. The summed E-state index contributed by atoms with van der Waals surface area (Å²) < 4.78 is 16.6. The Morgan fingerprint density at radius 2 is 1.93 bits per heavy atom.